The van der Waals surface area contributed by atoms with Gasteiger partial charge in [-0.1, -0.05) is 91.0 Å². The van der Waals surface area contributed by atoms with Crippen LogP contribution in [0.5, 0.6) is 0 Å². The fraction of sp³-hybridized carbons (Fsp3) is 0.387. The van der Waals surface area contributed by atoms with Gasteiger partial charge < -0.3 is 21.1 Å². The van der Waals surface area contributed by atoms with Gasteiger partial charge in [-0.3, -0.25) is 0 Å². The average molecular weight is 486 g/mol. The second-order valence-electron chi connectivity index (χ2n) is 10.0. The molecule has 0 unspecified atom stereocenters. The summed E-state index contributed by atoms with van der Waals surface area (Å²) < 4.78 is 0. The predicted molar refractivity (Wildman–Crippen MR) is 146 cm³/mol. The molecular formula is C31H39N3O2. The van der Waals surface area contributed by atoms with Crippen LogP contribution < -0.4 is 16.0 Å². The van der Waals surface area contributed by atoms with Gasteiger partial charge in [0.2, 0.25) is 0 Å². The number of urea groups is 1. The molecule has 1 fully saturated rings. The molecule has 3 aromatic rings. The monoisotopic (exact) mass is 485 g/mol. The SMILES string of the molecule is C[C@@H](NC(=O)N[C@H]1CC[C@H](CCNCc2ccccc2)CC1)C(O)(c1ccccc1)c1ccccc1. The third kappa shape index (κ3) is 6.74. The quantitative estimate of drug-likeness (QED) is 0.293. The Morgan fingerprint density at radius 1 is 0.861 bits per heavy atom. The highest BCUT2D eigenvalue weighted by Gasteiger charge is 2.38. The third-order valence-corrected chi connectivity index (χ3v) is 7.49. The van der Waals surface area contributed by atoms with E-state index >= 15 is 0 Å². The fourth-order valence-electron chi connectivity index (χ4n) is 5.31. The lowest BCUT2D eigenvalue weighted by Crippen LogP contribution is -2.54. The topological polar surface area (TPSA) is 73.4 Å². The Hall–Kier alpha value is -3.15. The molecule has 0 bridgehead atoms. The lowest BCUT2D eigenvalue weighted by atomic mass is 9.81. The Morgan fingerprint density at radius 2 is 1.39 bits per heavy atom. The molecule has 1 aliphatic carbocycles. The molecule has 3 aromatic carbocycles. The molecule has 36 heavy (non-hydrogen) atoms. The Bertz CT molecular complexity index is 1010. The predicted octanol–water partition coefficient (Wildman–Crippen LogP) is 5.35. The number of nitrogens with one attached hydrogen (secondary N) is 3. The van der Waals surface area contributed by atoms with Crippen molar-refractivity contribution in [1.82, 2.24) is 16.0 Å². The maximum atomic E-state index is 12.9. The van der Waals surface area contributed by atoms with Crippen molar-refractivity contribution in [2.24, 2.45) is 5.92 Å². The van der Waals surface area contributed by atoms with Crippen LogP contribution in [0.25, 0.3) is 0 Å². The summed E-state index contributed by atoms with van der Waals surface area (Å²) in [4.78, 5) is 12.9. The summed E-state index contributed by atoms with van der Waals surface area (Å²) in [5, 5.41) is 21.6. The Labute approximate surface area is 215 Å². The van der Waals surface area contributed by atoms with Crippen LogP contribution in [-0.4, -0.2) is 29.8 Å². The summed E-state index contributed by atoms with van der Waals surface area (Å²) in [6, 6.07) is 29.0. The molecule has 0 heterocycles. The van der Waals surface area contributed by atoms with Crippen molar-refractivity contribution in [3.63, 3.8) is 0 Å². The smallest absolute Gasteiger partial charge is 0.315 e. The van der Waals surface area contributed by atoms with Crippen molar-refractivity contribution < 1.29 is 9.90 Å². The number of carbonyl (C=O) groups excluding carboxylic acids is 1. The lowest BCUT2D eigenvalue weighted by Gasteiger charge is -2.36. The zero-order valence-electron chi connectivity index (χ0n) is 21.2. The number of hydrogen-bond donors (Lipinski definition) is 4. The number of carbonyl (C=O) groups is 1. The first-order valence-electron chi connectivity index (χ1n) is 13.2. The summed E-state index contributed by atoms with van der Waals surface area (Å²) in [5.74, 6) is 0.703. The molecule has 5 heteroatoms. The molecule has 0 spiro atoms. The molecule has 190 valence electrons. The molecule has 0 aromatic heterocycles. The molecule has 0 aliphatic heterocycles. The van der Waals surface area contributed by atoms with Gasteiger partial charge in [0.05, 0.1) is 6.04 Å². The van der Waals surface area contributed by atoms with E-state index in [4.69, 9.17) is 0 Å². The van der Waals surface area contributed by atoms with Gasteiger partial charge >= 0.3 is 6.03 Å². The summed E-state index contributed by atoms with van der Waals surface area (Å²) >= 11 is 0. The van der Waals surface area contributed by atoms with Gasteiger partial charge in [-0.25, -0.2) is 4.79 Å². The van der Waals surface area contributed by atoms with Gasteiger partial charge in [-0.2, -0.15) is 0 Å². The molecule has 4 N–H and O–H groups in total. The second kappa shape index (κ2) is 12.7. The van der Waals surface area contributed by atoms with E-state index in [9.17, 15) is 9.90 Å². The van der Waals surface area contributed by atoms with E-state index in [1.54, 1.807) is 0 Å². The zero-order chi connectivity index (χ0) is 25.2. The van der Waals surface area contributed by atoms with Crippen LogP contribution in [0.3, 0.4) is 0 Å². The summed E-state index contributed by atoms with van der Waals surface area (Å²) in [7, 11) is 0. The van der Waals surface area contributed by atoms with E-state index in [1.165, 1.54) is 12.0 Å². The van der Waals surface area contributed by atoms with E-state index in [0.717, 1.165) is 49.9 Å². The summed E-state index contributed by atoms with van der Waals surface area (Å²) in [5.41, 5.74) is 1.50. The van der Waals surface area contributed by atoms with Crippen molar-refractivity contribution >= 4 is 6.03 Å². The maximum Gasteiger partial charge on any atom is 0.315 e. The molecular weight excluding hydrogens is 446 g/mol. The number of amides is 2. The van der Waals surface area contributed by atoms with Crippen LogP contribution >= 0.6 is 0 Å². The molecule has 4 rings (SSSR count). The van der Waals surface area contributed by atoms with Gasteiger partial charge in [0.1, 0.15) is 5.60 Å². The molecule has 5 nitrogen and oxygen atoms in total. The molecule has 0 radical (unpaired) electrons. The van der Waals surface area contributed by atoms with E-state index in [1.807, 2.05) is 73.7 Å². The van der Waals surface area contributed by atoms with Crippen LogP contribution in [0.15, 0.2) is 91.0 Å². The number of rotatable bonds is 10. The first-order chi connectivity index (χ1) is 17.6. The third-order valence-electron chi connectivity index (χ3n) is 7.49. The van der Waals surface area contributed by atoms with Crippen molar-refractivity contribution in [3.05, 3.63) is 108 Å². The minimum absolute atomic E-state index is 0.173. The van der Waals surface area contributed by atoms with Crippen LogP contribution in [0, 0.1) is 5.92 Å². The first kappa shape index (κ1) is 25.9. The van der Waals surface area contributed by atoms with Gasteiger partial charge in [-0.15, -0.1) is 0 Å². The average Bonchev–Trinajstić information content (AvgIpc) is 2.93. The molecule has 1 atom stereocenters. The van der Waals surface area contributed by atoms with Crippen molar-refractivity contribution in [2.45, 2.75) is 63.3 Å². The zero-order valence-corrected chi connectivity index (χ0v) is 21.2. The summed E-state index contributed by atoms with van der Waals surface area (Å²) in [6.07, 6.45) is 5.42. The minimum atomic E-state index is -1.33. The first-order valence-corrected chi connectivity index (χ1v) is 13.2. The van der Waals surface area contributed by atoms with Crippen molar-refractivity contribution in [3.8, 4) is 0 Å². The largest absolute Gasteiger partial charge is 0.378 e. The highest BCUT2D eigenvalue weighted by Crippen LogP contribution is 2.33. The number of benzene rings is 3. The van der Waals surface area contributed by atoms with Gasteiger partial charge in [-0.05, 0) is 68.2 Å². The standard InChI is InChI=1S/C31H39N3O2/c1-24(31(36,27-13-7-3-8-14-27)28-15-9-4-10-16-28)33-30(35)34-29-19-17-25(18-20-29)21-22-32-23-26-11-5-2-6-12-26/h2-16,24-25,29,32,36H,17-23H2,1H3,(H2,33,34,35)/t24-,25-,29-/m1/s1. The summed E-state index contributed by atoms with van der Waals surface area (Å²) in [6.45, 7) is 3.79. The highest BCUT2D eigenvalue weighted by molar-refractivity contribution is 5.75. The van der Waals surface area contributed by atoms with E-state index in [-0.39, 0.29) is 12.1 Å². The Kier molecular flexibility index (Phi) is 9.15. The van der Waals surface area contributed by atoms with Crippen molar-refractivity contribution in [1.29, 1.82) is 0 Å². The lowest BCUT2D eigenvalue weighted by molar-refractivity contribution is 0.0470. The molecule has 1 aliphatic rings. The van der Waals surface area contributed by atoms with Crippen LogP contribution in [0.4, 0.5) is 4.79 Å². The van der Waals surface area contributed by atoms with E-state index < -0.39 is 11.6 Å². The maximum absolute atomic E-state index is 12.9. The van der Waals surface area contributed by atoms with Crippen LogP contribution in [-0.2, 0) is 12.1 Å². The van der Waals surface area contributed by atoms with Crippen molar-refractivity contribution in [2.75, 3.05) is 6.54 Å². The normalized spacial score (nSPS) is 18.8. The Morgan fingerprint density at radius 3 is 1.94 bits per heavy atom. The molecule has 1 saturated carbocycles. The Balaban J connectivity index is 1.24. The van der Waals surface area contributed by atoms with Crippen LogP contribution in [0.2, 0.25) is 0 Å². The van der Waals surface area contributed by atoms with E-state index in [2.05, 4.69) is 40.2 Å². The fourth-order valence-corrected chi connectivity index (χ4v) is 5.31. The van der Waals surface area contributed by atoms with Gasteiger partial charge in [0.15, 0.2) is 0 Å². The molecule has 0 saturated heterocycles. The van der Waals surface area contributed by atoms with Crippen LogP contribution in [0.1, 0.15) is 55.7 Å². The van der Waals surface area contributed by atoms with Gasteiger partial charge in [0, 0.05) is 12.6 Å². The van der Waals surface area contributed by atoms with Gasteiger partial charge in [0.25, 0.3) is 0 Å². The number of hydrogen-bond acceptors (Lipinski definition) is 3. The second-order valence-corrected chi connectivity index (χ2v) is 10.0. The highest BCUT2D eigenvalue weighted by atomic mass is 16.3. The number of aliphatic hydroxyl groups is 1. The molecule has 2 amide bonds. The minimum Gasteiger partial charge on any atom is -0.378 e. The van der Waals surface area contributed by atoms with E-state index in [0.29, 0.717) is 5.92 Å².